The Hall–Kier alpha value is -3.16. The molecule has 3 aliphatic rings. The number of carbonyl (C=O) groups is 1. The molecule has 0 radical (unpaired) electrons. The lowest BCUT2D eigenvalue weighted by Crippen LogP contribution is -2.51. The largest absolute Gasteiger partial charge is 0.573 e. The van der Waals surface area contributed by atoms with E-state index in [4.69, 9.17) is 14.2 Å². The van der Waals surface area contributed by atoms with Crippen LogP contribution in [0.15, 0.2) is 24.3 Å². The van der Waals surface area contributed by atoms with Gasteiger partial charge < -0.3 is 34.5 Å². The van der Waals surface area contributed by atoms with Crippen molar-refractivity contribution in [1.29, 1.82) is 0 Å². The number of rotatable bonds is 9. The smallest absolute Gasteiger partial charge is 0.467 e. The minimum absolute atomic E-state index is 0.107. The molecule has 242 valence electrons. The first-order valence-electron chi connectivity index (χ1n) is 15.4. The van der Waals surface area contributed by atoms with E-state index in [1.807, 2.05) is 11.8 Å². The van der Waals surface area contributed by atoms with Crippen molar-refractivity contribution in [3.8, 4) is 11.8 Å². The van der Waals surface area contributed by atoms with Gasteiger partial charge in [0, 0.05) is 43.9 Å². The number of likely N-dealkylation sites (tertiary alicyclic amines) is 1. The SMILES string of the molecule is COc1nc(NCC2CCCC(c3ccc(OC(F)(F)F)cc3)O2)c(C)c(C(=O)N2CCC(NC3CCOCC3C)CC2)n1. The number of alkyl halides is 3. The third kappa shape index (κ3) is 8.30. The number of halogens is 3. The van der Waals surface area contributed by atoms with Crippen LogP contribution in [0.5, 0.6) is 11.8 Å². The minimum atomic E-state index is -4.73. The Labute approximate surface area is 256 Å². The standard InChI is InChI=1S/C31H42F3N5O5/c1-19-18-42-16-13-25(19)36-22-11-14-39(15-12-22)29(40)27-20(2)28(38-30(37-27)41-3)35-17-24-5-4-6-26(43-24)21-7-9-23(10-8-21)44-31(32,33)34/h7-10,19,22,24-26,36H,4-6,11-18H2,1-3H3,(H,35,37,38). The summed E-state index contributed by atoms with van der Waals surface area (Å²) in [6.45, 7) is 7.32. The first-order valence-corrected chi connectivity index (χ1v) is 15.4. The lowest BCUT2D eigenvalue weighted by Gasteiger charge is -2.37. The number of hydrogen-bond acceptors (Lipinski definition) is 9. The molecule has 3 aliphatic heterocycles. The van der Waals surface area contributed by atoms with Gasteiger partial charge in [-0.05, 0) is 69.1 Å². The Bertz CT molecular complexity index is 1260. The van der Waals surface area contributed by atoms with E-state index in [0.29, 0.717) is 54.7 Å². The van der Waals surface area contributed by atoms with Crippen molar-refractivity contribution >= 4 is 11.7 Å². The number of amides is 1. The van der Waals surface area contributed by atoms with Crippen LogP contribution in [0.25, 0.3) is 0 Å². The third-order valence-electron chi connectivity index (χ3n) is 8.71. The molecule has 4 heterocycles. The Morgan fingerprint density at radius 1 is 1.09 bits per heavy atom. The molecule has 0 bridgehead atoms. The molecule has 1 amide bonds. The second-order valence-corrected chi connectivity index (χ2v) is 11.9. The summed E-state index contributed by atoms with van der Waals surface area (Å²) in [7, 11) is 1.47. The average molecular weight is 622 g/mol. The van der Waals surface area contributed by atoms with Crippen molar-refractivity contribution in [2.24, 2.45) is 5.92 Å². The maximum absolute atomic E-state index is 13.6. The van der Waals surface area contributed by atoms with E-state index in [-0.39, 0.29) is 29.9 Å². The average Bonchev–Trinajstić information content (AvgIpc) is 3.01. The molecular formula is C31H42F3N5O5. The van der Waals surface area contributed by atoms with Crippen LogP contribution in [-0.2, 0) is 9.47 Å². The van der Waals surface area contributed by atoms with Crippen LogP contribution in [0, 0.1) is 12.8 Å². The second-order valence-electron chi connectivity index (χ2n) is 11.9. The number of carbonyl (C=O) groups excluding carboxylic acids is 1. The predicted molar refractivity (Wildman–Crippen MR) is 157 cm³/mol. The summed E-state index contributed by atoms with van der Waals surface area (Å²) in [6, 6.07) is 6.72. The fourth-order valence-corrected chi connectivity index (χ4v) is 6.19. The summed E-state index contributed by atoms with van der Waals surface area (Å²) in [5, 5.41) is 7.11. The highest BCUT2D eigenvalue weighted by Crippen LogP contribution is 2.33. The number of nitrogens with one attached hydrogen (secondary N) is 2. The molecule has 1 aromatic heterocycles. The van der Waals surface area contributed by atoms with E-state index in [1.54, 1.807) is 12.1 Å². The van der Waals surface area contributed by atoms with Crippen molar-refractivity contribution in [1.82, 2.24) is 20.2 Å². The van der Waals surface area contributed by atoms with Gasteiger partial charge >= 0.3 is 12.4 Å². The number of nitrogens with zero attached hydrogens (tertiary/aromatic N) is 3. The summed E-state index contributed by atoms with van der Waals surface area (Å²) in [5.41, 5.74) is 1.74. The summed E-state index contributed by atoms with van der Waals surface area (Å²) in [6.07, 6.45) is 0.0779. The van der Waals surface area contributed by atoms with Gasteiger partial charge in [-0.2, -0.15) is 9.97 Å². The number of aromatic nitrogens is 2. The van der Waals surface area contributed by atoms with Crippen molar-refractivity contribution in [2.75, 3.05) is 45.3 Å². The van der Waals surface area contributed by atoms with E-state index >= 15 is 0 Å². The van der Waals surface area contributed by atoms with Gasteiger partial charge in [-0.15, -0.1) is 13.2 Å². The fourth-order valence-electron chi connectivity index (χ4n) is 6.19. The highest BCUT2D eigenvalue weighted by Gasteiger charge is 2.32. The predicted octanol–water partition coefficient (Wildman–Crippen LogP) is 5.03. The maximum Gasteiger partial charge on any atom is 0.573 e. The van der Waals surface area contributed by atoms with Crippen LogP contribution < -0.4 is 20.1 Å². The number of ether oxygens (including phenoxy) is 4. The third-order valence-corrected chi connectivity index (χ3v) is 8.71. The van der Waals surface area contributed by atoms with E-state index in [9.17, 15) is 18.0 Å². The zero-order valence-corrected chi connectivity index (χ0v) is 25.5. The molecule has 3 saturated heterocycles. The Morgan fingerprint density at radius 2 is 1.84 bits per heavy atom. The Balaban J connectivity index is 1.17. The Morgan fingerprint density at radius 3 is 2.52 bits per heavy atom. The molecule has 4 unspecified atom stereocenters. The van der Waals surface area contributed by atoms with Gasteiger partial charge in [0.15, 0.2) is 0 Å². The summed E-state index contributed by atoms with van der Waals surface area (Å²) in [5.74, 6) is 0.573. The molecule has 4 atom stereocenters. The molecule has 3 fully saturated rings. The zero-order valence-electron chi connectivity index (χ0n) is 25.5. The molecule has 44 heavy (non-hydrogen) atoms. The van der Waals surface area contributed by atoms with Gasteiger partial charge in [-0.25, -0.2) is 0 Å². The van der Waals surface area contributed by atoms with Crippen LogP contribution in [0.2, 0.25) is 0 Å². The van der Waals surface area contributed by atoms with Gasteiger partial charge in [0.1, 0.15) is 17.3 Å². The van der Waals surface area contributed by atoms with Crippen LogP contribution in [0.3, 0.4) is 0 Å². The normalized spacial score (nSPS) is 25.0. The van der Waals surface area contributed by atoms with E-state index in [2.05, 4.69) is 32.3 Å². The van der Waals surface area contributed by atoms with Gasteiger partial charge in [-0.1, -0.05) is 19.1 Å². The van der Waals surface area contributed by atoms with Gasteiger partial charge in [0.25, 0.3) is 5.91 Å². The summed E-state index contributed by atoms with van der Waals surface area (Å²) in [4.78, 5) is 24.4. The van der Waals surface area contributed by atoms with Crippen molar-refractivity contribution < 1.29 is 36.9 Å². The van der Waals surface area contributed by atoms with Crippen molar-refractivity contribution in [3.05, 3.63) is 41.1 Å². The number of anilines is 1. The lowest BCUT2D eigenvalue weighted by molar-refractivity contribution is -0.274. The molecule has 10 nitrogen and oxygen atoms in total. The maximum atomic E-state index is 13.6. The van der Waals surface area contributed by atoms with E-state index in [1.165, 1.54) is 19.2 Å². The fraction of sp³-hybridized carbons (Fsp3) is 0.645. The van der Waals surface area contributed by atoms with Gasteiger partial charge in [0.05, 0.1) is 25.9 Å². The molecule has 13 heteroatoms. The first kappa shape index (κ1) is 32.2. The topological polar surface area (TPSA) is 107 Å². The molecule has 0 spiro atoms. The number of piperidine rings is 1. The molecule has 2 N–H and O–H groups in total. The first-order chi connectivity index (χ1) is 21.1. The summed E-state index contributed by atoms with van der Waals surface area (Å²) >= 11 is 0. The van der Waals surface area contributed by atoms with Gasteiger partial charge in [0.2, 0.25) is 0 Å². The van der Waals surface area contributed by atoms with Crippen LogP contribution in [0.4, 0.5) is 19.0 Å². The van der Waals surface area contributed by atoms with Crippen LogP contribution in [-0.4, -0.2) is 85.3 Å². The minimum Gasteiger partial charge on any atom is -0.467 e. The number of methoxy groups -OCH3 is 1. The molecule has 5 rings (SSSR count). The van der Waals surface area contributed by atoms with Crippen LogP contribution >= 0.6 is 0 Å². The van der Waals surface area contributed by atoms with Gasteiger partial charge in [-0.3, -0.25) is 4.79 Å². The monoisotopic (exact) mass is 621 g/mol. The lowest BCUT2D eigenvalue weighted by atomic mass is 9.94. The van der Waals surface area contributed by atoms with E-state index in [0.717, 1.165) is 57.3 Å². The highest BCUT2D eigenvalue weighted by atomic mass is 19.4. The quantitative estimate of drug-likeness (QED) is 0.399. The van der Waals surface area contributed by atoms with E-state index < -0.39 is 6.36 Å². The molecule has 0 saturated carbocycles. The van der Waals surface area contributed by atoms with Crippen molar-refractivity contribution in [3.63, 3.8) is 0 Å². The molecule has 1 aromatic carbocycles. The summed E-state index contributed by atoms with van der Waals surface area (Å²) < 4.78 is 58.7. The van der Waals surface area contributed by atoms with Crippen LogP contribution in [0.1, 0.15) is 73.2 Å². The highest BCUT2D eigenvalue weighted by molar-refractivity contribution is 5.95. The Kier molecular flexibility index (Phi) is 10.5. The van der Waals surface area contributed by atoms with Crippen molar-refractivity contribution in [2.45, 2.75) is 83.0 Å². The molecule has 2 aromatic rings. The number of benzene rings is 1. The molecule has 0 aliphatic carbocycles. The molecular weight excluding hydrogens is 579 g/mol. The second kappa shape index (κ2) is 14.3. The number of hydrogen-bond donors (Lipinski definition) is 2. The zero-order chi connectivity index (χ0) is 31.3.